The Morgan fingerprint density at radius 1 is 1.12 bits per heavy atom. The Hall–Kier alpha value is -0.0100. The maximum atomic E-state index is 10.7. The molecule has 1 heterocycles. The zero-order chi connectivity index (χ0) is 12.5. The van der Waals surface area contributed by atoms with Crippen molar-refractivity contribution in [3.05, 3.63) is 0 Å². The van der Waals surface area contributed by atoms with Crippen LogP contribution >= 0.6 is 7.60 Å². The molecule has 1 aliphatic heterocycles. The third-order valence-electron chi connectivity index (χ3n) is 2.66. The molecule has 1 saturated heterocycles. The van der Waals surface area contributed by atoms with Gasteiger partial charge in [-0.15, -0.1) is 0 Å². The summed E-state index contributed by atoms with van der Waals surface area (Å²) in [5.74, 6) is 0. The second-order valence-corrected chi connectivity index (χ2v) is 5.80. The molecule has 96 valence electrons. The lowest BCUT2D eigenvalue weighted by Crippen LogP contribution is -2.56. The van der Waals surface area contributed by atoms with Crippen LogP contribution in [0.3, 0.4) is 0 Å². The lowest BCUT2D eigenvalue weighted by Gasteiger charge is -2.39. The van der Waals surface area contributed by atoms with Crippen LogP contribution in [0.1, 0.15) is 13.3 Å². The molecule has 0 aromatic heterocycles. The van der Waals surface area contributed by atoms with Gasteiger partial charge in [0.2, 0.25) is 0 Å². The van der Waals surface area contributed by atoms with Crippen LogP contribution in [0.4, 0.5) is 0 Å². The summed E-state index contributed by atoms with van der Waals surface area (Å²) in [6.07, 6.45) is -5.94. The number of aliphatic hydroxyl groups excluding tert-OH is 3. The zero-order valence-corrected chi connectivity index (χ0v) is 9.70. The van der Waals surface area contributed by atoms with E-state index in [1.165, 1.54) is 6.92 Å². The van der Waals surface area contributed by atoms with E-state index in [-0.39, 0.29) is 6.42 Å². The first-order valence-electron chi connectivity index (χ1n) is 4.96. The van der Waals surface area contributed by atoms with Crippen LogP contribution in [0.25, 0.3) is 0 Å². The molecule has 0 spiro atoms. The lowest BCUT2D eigenvalue weighted by molar-refractivity contribution is -0.217. The summed E-state index contributed by atoms with van der Waals surface area (Å²) in [5.41, 5.74) is 0. The van der Waals surface area contributed by atoms with Crippen LogP contribution in [0.2, 0.25) is 0 Å². The van der Waals surface area contributed by atoms with Crippen LogP contribution in [0.15, 0.2) is 0 Å². The Bertz CT molecular complexity index is 278. The van der Waals surface area contributed by atoms with E-state index in [0.717, 1.165) is 0 Å². The number of rotatable bonds is 3. The van der Waals surface area contributed by atoms with Crippen molar-refractivity contribution in [2.75, 3.05) is 6.16 Å². The van der Waals surface area contributed by atoms with Crippen LogP contribution in [-0.4, -0.2) is 61.8 Å². The van der Waals surface area contributed by atoms with E-state index in [1.54, 1.807) is 0 Å². The quantitative estimate of drug-likeness (QED) is 0.386. The Balaban J connectivity index is 2.57. The fourth-order valence-corrected chi connectivity index (χ4v) is 2.26. The number of aliphatic hydroxyl groups is 3. The van der Waals surface area contributed by atoms with Gasteiger partial charge in [-0.25, -0.2) is 0 Å². The largest absolute Gasteiger partial charge is 0.388 e. The first-order valence-corrected chi connectivity index (χ1v) is 6.76. The molecule has 0 bridgehead atoms. The minimum absolute atomic E-state index is 0.0699. The van der Waals surface area contributed by atoms with E-state index in [9.17, 15) is 19.9 Å². The summed E-state index contributed by atoms with van der Waals surface area (Å²) in [5, 5.41) is 28.4. The fourth-order valence-electron chi connectivity index (χ4n) is 1.67. The van der Waals surface area contributed by atoms with Gasteiger partial charge in [0.15, 0.2) is 0 Å². The summed E-state index contributed by atoms with van der Waals surface area (Å²) in [7, 11) is -4.15. The number of ether oxygens (including phenoxy) is 1. The average molecular weight is 256 g/mol. The molecule has 1 rings (SSSR count). The van der Waals surface area contributed by atoms with Gasteiger partial charge >= 0.3 is 7.60 Å². The number of hydrogen-bond acceptors (Lipinski definition) is 5. The number of hydrogen-bond donors (Lipinski definition) is 5. The van der Waals surface area contributed by atoms with Crippen molar-refractivity contribution in [3.8, 4) is 0 Å². The van der Waals surface area contributed by atoms with Crippen LogP contribution in [-0.2, 0) is 9.30 Å². The van der Waals surface area contributed by atoms with Gasteiger partial charge < -0.3 is 29.8 Å². The predicted octanol–water partition coefficient (Wildman–Crippen LogP) is -1.58. The van der Waals surface area contributed by atoms with Crippen molar-refractivity contribution >= 4 is 7.60 Å². The monoisotopic (exact) mass is 256 g/mol. The highest BCUT2D eigenvalue weighted by molar-refractivity contribution is 7.51. The van der Waals surface area contributed by atoms with Gasteiger partial charge in [-0.1, -0.05) is 0 Å². The molecule has 7 nitrogen and oxygen atoms in total. The molecule has 5 unspecified atom stereocenters. The Kier molecular flexibility index (Phi) is 4.48. The molecule has 0 saturated carbocycles. The van der Waals surface area contributed by atoms with Gasteiger partial charge in [0, 0.05) is 0 Å². The maximum absolute atomic E-state index is 10.7. The second kappa shape index (κ2) is 5.10. The first-order chi connectivity index (χ1) is 7.22. The summed E-state index contributed by atoms with van der Waals surface area (Å²) in [6.45, 7) is 1.52. The topological polar surface area (TPSA) is 127 Å². The molecule has 1 fully saturated rings. The summed E-state index contributed by atoms with van der Waals surface area (Å²) in [4.78, 5) is 17.4. The highest BCUT2D eigenvalue weighted by atomic mass is 31.2. The van der Waals surface area contributed by atoms with Crippen molar-refractivity contribution in [2.24, 2.45) is 0 Å². The maximum Gasteiger partial charge on any atom is 0.325 e. The zero-order valence-electron chi connectivity index (χ0n) is 8.80. The molecular weight excluding hydrogens is 239 g/mol. The lowest BCUT2D eigenvalue weighted by atomic mass is 9.94. The Labute approximate surface area is 92.8 Å². The van der Waals surface area contributed by atoms with Gasteiger partial charge in [-0.3, -0.25) is 4.57 Å². The van der Waals surface area contributed by atoms with E-state index >= 15 is 0 Å². The van der Waals surface area contributed by atoms with E-state index in [2.05, 4.69) is 0 Å². The minimum atomic E-state index is -4.15. The average Bonchev–Trinajstić information content (AvgIpc) is 2.17. The molecule has 5 N–H and O–H groups in total. The molecule has 0 amide bonds. The van der Waals surface area contributed by atoms with E-state index in [1.807, 2.05) is 0 Å². The first kappa shape index (κ1) is 14.1. The fraction of sp³-hybridized carbons (Fsp3) is 1.00. The Morgan fingerprint density at radius 2 is 1.69 bits per heavy atom. The summed E-state index contributed by atoms with van der Waals surface area (Å²) >= 11 is 0. The van der Waals surface area contributed by atoms with Crippen molar-refractivity contribution in [1.82, 2.24) is 0 Å². The molecule has 0 aromatic rings. The third kappa shape index (κ3) is 3.49. The standard InChI is InChI=1S/C8H17O7P/c1-4-6(9)8(11)7(10)5(15-4)2-3-16(12,13)14/h4-11H,2-3H2,1H3,(H2,12,13,14). The smallest absolute Gasteiger partial charge is 0.325 e. The molecular formula is C8H17O7P. The SMILES string of the molecule is CC1OC(CCP(=O)(O)O)C(O)C(O)C1O. The van der Waals surface area contributed by atoms with E-state index in [4.69, 9.17) is 14.5 Å². The molecule has 8 heteroatoms. The van der Waals surface area contributed by atoms with Crippen LogP contribution < -0.4 is 0 Å². The van der Waals surface area contributed by atoms with Crippen LogP contribution in [0.5, 0.6) is 0 Å². The highest BCUT2D eigenvalue weighted by Gasteiger charge is 2.41. The van der Waals surface area contributed by atoms with Crippen LogP contribution in [0, 0.1) is 0 Å². The molecule has 5 atom stereocenters. The molecule has 1 aliphatic rings. The Morgan fingerprint density at radius 3 is 2.19 bits per heavy atom. The predicted molar refractivity (Wildman–Crippen MR) is 53.9 cm³/mol. The van der Waals surface area contributed by atoms with Gasteiger partial charge in [-0.2, -0.15) is 0 Å². The normalized spacial score (nSPS) is 41.0. The highest BCUT2D eigenvalue weighted by Crippen LogP contribution is 2.37. The molecule has 0 radical (unpaired) electrons. The van der Waals surface area contributed by atoms with Crippen molar-refractivity contribution in [3.63, 3.8) is 0 Å². The summed E-state index contributed by atoms with van der Waals surface area (Å²) in [6, 6.07) is 0. The van der Waals surface area contributed by atoms with Gasteiger partial charge in [0.25, 0.3) is 0 Å². The van der Waals surface area contributed by atoms with E-state index in [0.29, 0.717) is 0 Å². The second-order valence-electron chi connectivity index (χ2n) is 4.03. The summed E-state index contributed by atoms with van der Waals surface area (Å²) < 4.78 is 15.8. The van der Waals surface area contributed by atoms with Crippen molar-refractivity contribution < 1.29 is 34.4 Å². The molecule has 0 aromatic carbocycles. The van der Waals surface area contributed by atoms with Crippen molar-refractivity contribution in [1.29, 1.82) is 0 Å². The van der Waals surface area contributed by atoms with Crippen molar-refractivity contribution in [2.45, 2.75) is 43.9 Å². The van der Waals surface area contributed by atoms with Gasteiger partial charge in [0.05, 0.1) is 18.4 Å². The molecule has 0 aliphatic carbocycles. The molecule has 16 heavy (non-hydrogen) atoms. The van der Waals surface area contributed by atoms with Gasteiger partial charge in [-0.05, 0) is 13.3 Å². The minimum Gasteiger partial charge on any atom is -0.388 e. The van der Waals surface area contributed by atoms with Gasteiger partial charge in [0.1, 0.15) is 18.3 Å². The third-order valence-corrected chi connectivity index (χ3v) is 3.50. The van der Waals surface area contributed by atoms with E-state index < -0.39 is 44.3 Å².